The van der Waals surface area contributed by atoms with Gasteiger partial charge in [0.2, 0.25) is 11.5 Å². The number of thiazole rings is 1. The van der Waals surface area contributed by atoms with Crippen molar-refractivity contribution < 1.29 is 33.0 Å². The van der Waals surface area contributed by atoms with Gasteiger partial charge in [0.1, 0.15) is 17.2 Å². The number of alkyl halides is 3. The number of nitrogens with zero attached hydrogens (tertiary/aromatic N) is 4. The van der Waals surface area contributed by atoms with Gasteiger partial charge < -0.3 is 15.5 Å². The zero-order chi connectivity index (χ0) is 19.5. The van der Waals surface area contributed by atoms with E-state index in [1.807, 2.05) is 0 Å². The van der Waals surface area contributed by atoms with E-state index in [9.17, 15) is 27.9 Å². The predicted octanol–water partition coefficient (Wildman–Crippen LogP) is 0.584. The fourth-order valence-electron chi connectivity index (χ4n) is 1.96. The second kappa shape index (κ2) is 7.37. The first-order valence-corrected chi connectivity index (χ1v) is 7.98. The number of halogens is 3. The number of carboxylic acids is 1. The fourth-order valence-corrected chi connectivity index (χ4v) is 2.87. The smallest absolute Gasteiger partial charge is 0.424 e. The molecule has 0 spiro atoms. The summed E-state index contributed by atoms with van der Waals surface area (Å²) in [5, 5.41) is 28.7. The van der Waals surface area contributed by atoms with E-state index < -0.39 is 41.6 Å². The molecule has 0 aromatic carbocycles. The Hall–Kier alpha value is -2.54. The van der Waals surface area contributed by atoms with Gasteiger partial charge in [-0.2, -0.15) is 13.2 Å². The molecule has 0 aliphatic rings. The third-order valence-electron chi connectivity index (χ3n) is 3.21. The lowest BCUT2D eigenvalue weighted by molar-refractivity contribution is -0.267. The molecule has 0 radical (unpaired) electrons. The average Bonchev–Trinajstić information content (AvgIpc) is 3.12. The van der Waals surface area contributed by atoms with Crippen molar-refractivity contribution in [1.82, 2.24) is 25.3 Å². The summed E-state index contributed by atoms with van der Waals surface area (Å²) >= 11 is 0.606. The lowest BCUT2D eigenvalue weighted by atomic mass is 9.99. The van der Waals surface area contributed by atoms with Crippen LogP contribution in [0.2, 0.25) is 0 Å². The summed E-state index contributed by atoms with van der Waals surface area (Å²) in [4.78, 5) is 26.1. The average molecular weight is 393 g/mol. The number of aliphatic hydroxyl groups is 1. The summed E-state index contributed by atoms with van der Waals surface area (Å²) in [5.41, 5.74) is -2.96. The van der Waals surface area contributed by atoms with E-state index in [0.29, 0.717) is 17.0 Å². The highest BCUT2D eigenvalue weighted by Crippen LogP contribution is 2.42. The standard InChI is InChI=1S/C13H14F3N5O4S/c1-7-6-26-11(18-7)12(25,13(14,15)16)2-9(22)17-3-8-4-21(20-19-8)5-10(23)24/h4,6,25H,2-3,5H2,1H3,(H,17,22)(H,23,24). The van der Waals surface area contributed by atoms with E-state index in [1.165, 1.54) is 18.5 Å². The number of aromatic nitrogens is 4. The molecule has 2 rings (SSSR count). The van der Waals surface area contributed by atoms with E-state index in [2.05, 4.69) is 20.6 Å². The van der Waals surface area contributed by atoms with E-state index in [1.54, 1.807) is 0 Å². The molecule has 0 fully saturated rings. The number of aryl methyl sites for hydroxylation is 1. The number of amides is 1. The largest absolute Gasteiger partial charge is 0.480 e. The summed E-state index contributed by atoms with van der Waals surface area (Å²) in [6.45, 7) is 0.749. The molecule has 0 saturated carbocycles. The van der Waals surface area contributed by atoms with E-state index in [0.717, 1.165) is 4.68 Å². The molecule has 0 aliphatic carbocycles. The molecule has 0 bridgehead atoms. The van der Waals surface area contributed by atoms with Crippen LogP contribution in [0.4, 0.5) is 13.2 Å². The summed E-state index contributed by atoms with van der Waals surface area (Å²) in [5.74, 6) is -2.23. The number of carbonyl (C=O) groups is 2. The molecule has 1 amide bonds. The van der Waals surface area contributed by atoms with Crippen LogP contribution in [0.1, 0.15) is 22.8 Å². The highest BCUT2D eigenvalue weighted by molar-refractivity contribution is 7.09. The Morgan fingerprint density at radius 1 is 1.38 bits per heavy atom. The third-order valence-corrected chi connectivity index (χ3v) is 4.32. The number of aliphatic carboxylic acids is 1. The minimum atomic E-state index is -5.10. The Kier molecular flexibility index (Phi) is 5.61. The van der Waals surface area contributed by atoms with Crippen LogP contribution < -0.4 is 5.32 Å². The molecule has 13 heteroatoms. The molecular formula is C13H14F3N5O4S. The van der Waals surface area contributed by atoms with Crippen LogP contribution >= 0.6 is 11.3 Å². The minimum absolute atomic E-state index is 0.153. The van der Waals surface area contributed by atoms with E-state index in [4.69, 9.17) is 5.11 Å². The number of carbonyl (C=O) groups excluding carboxylic acids is 1. The van der Waals surface area contributed by atoms with Crippen molar-refractivity contribution in [1.29, 1.82) is 0 Å². The first-order valence-electron chi connectivity index (χ1n) is 7.10. The van der Waals surface area contributed by atoms with Gasteiger partial charge in [0.25, 0.3) is 0 Å². The van der Waals surface area contributed by atoms with Crippen molar-refractivity contribution >= 4 is 23.2 Å². The Labute approximate surface area is 148 Å². The number of hydrogen-bond donors (Lipinski definition) is 3. The summed E-state index contributed by atoms with van der Waals surface area (Å²) in [7, 11) is 0. The first kappa shape index (κ1) is 19.8. The molecule has 1 unspecified atom stereocenters. The summed E-state index contributed by atoms with van der Waals surface area (Å²) < 4.78 is 40.9. The van der Waals surface area contributed by atoms with Crippen molar-refractivity contribution in [2.75, 3.05) is 0 Å². The van der Waals surface area contributed by atoms with E-state index >= 15 is 0 Å². The topological polar surface area (TPSA) is 130 Å². The number of carboxylic acid groups (broad SMARTS) is 1. The molecule has 2 aromatic rings. The highest BCUT2D eigenvalue weighted by atomic mass is 32.1. The van der Waals surface area contributed by atoms with Gasteiger partial charge in [0.15, 0.2) is 0 Å². The Morgan fingerprint density at radius 2 is 2.08 bits per heavy atom. The highest BCUT2D eigenvalue weighted by Gasteiger charge is 2.58. The predicted molar refractivity (Wildman–Crippen MR) is 80.9 cm³/mol. The maximum atomic E-state index is 13.3. The van der Waals surface area contributed by atoms with Gasteiger partial charge >= 0.3 is 12.1 Å². The molecular weight excluding hydrogens is 379 g/mol. The van der Waals surface area contributed by atoms with Gasteiger partial charge in [-0.25, -0.2) is 9.67 Å². The van der Waals surface area contributed by atoms with Crippen LogP contribution in [0.25, 0.3) is 0 Å². The van der Waals surface area contributed by atoms with Gasteiger partial charge in [-0.15, -0.1) is 16.4 Å². The fraction of sp³-hybridized carbons (Fsp3) is 0.462. The molecule has 2 heterocycles. The number of hydrogen-bond acceptors (Lipinski definition) is 7. The van der Waals surface area contributed by atoms with Crippen LogP contribution in [0.15, 0.2) is 11.6 Å². The maximum absolute atomic E-state index is 13.3. The Bertz CT molecular complexity index is 806. The van der Waals surface area contributed by atoms with Crippen molar-refractivity contribution in [3.63, 3.8) is 0 Å². The van der Waals surface area contributed by atoms with Crippen LogP contribution in [-0.2, 0) is 28.3 Å². The molecule has 142 valence electrons. The van der Waals surface area contributed by atoms with Gasteiger partial charge in [-0.05, 0) is 6.92 Å². The SMILES string of the molecule is Cc1csc(C(O)(CC(=O)NCc2cn(CC(=O)O)nn2)C(F)(F)F)n1. The number of nitrogens with one attached hydrogen (secondary N) is 1. The Balaban J connectivity index is 2.04. The van der Waals surface area contributed by atoms with Crippen molar-refractivity contribution in [2.24, 2.45) is 0 Å². The third kappa shape index (κ3) is 4.54. The maximum Gasteiger partial charge on any atom is 0.424 e. The van der Waals surface area contributed by atoms with Crippen LogP contribution in [-0.4, -0.2) is 48.2 Å². The first-order chi connectivity index (χ1) is 12.0. The quantitative estimate of drug-likeness (QED) is 0.627. The van der Waals surface area contributed by atoms with Gasteiger partial charge in [-0.3, -0.25) is 9.59 Å². The van der Waals surface area contributed by atoms with Crippen molar-refractivity contribution in [3.05, 3.63) is 28.0 Å². The van der Waals surface area contributed by atoms with Crippen molar-refractivity contribution in [3.8, 4) is 0 Å². The second-order valence-electron chi connectivity index (χ2n) is 5.41. The normalized spacial score (nSPS) is 14.0. The van der Waals surface area contributed by atoms with Gasteiger partial charge in [0.05, 0.1) is 19.2 Å². The second-order valence-corrected chi connectivity index (χ2v) is 6.26. The molecule has 3 N–H and O–H groups in total. The van der Waals surface area contributed by atoms with Gasteiger partial charge in [0, 0.05) is 11.1 Å². The van der Waals surface area contributed by atoms with Gasteiger partial charge in [-0.1, -0.05) is 5.21 Å². The van der Waals surface area contributed by atoms with Crippen LogP contribution in [0, 0.1) is 6.92 Å². The zero-order valence-electron chi connectivity index (χ0n) is 13.3. The lowest BCUT2D eigenvalue weighted by Crippen LogP contribution is -2.46. The monoisotopic (exact) mass is 393 g/mol. The molecule has 1 atom stereocenters. The van der Waals surface area contributed by atoms with Crippen molar-refractivity contribution in [2.45, 2.75) is 38.2 Å². The summed E-state index contributed by atoms with van der Waals surface area (Å²) in [6, 6.07) is 0. The molecule has 2 aromatic heterocycles. The van der Waals surface area contributed by atoms with Crippen LogP contribution in [0.3, 0.4) is 0 Å². The molecule has 26 heavy (non-hydrogen) atoms. The van der Waals surface area contributed by atoms with Crippen LogP contribution in [0.5, 0.6) is 0 Å². The molecule has 0 saturated heterocycles. The summed E-state index contributed by atoms with van der Waals surface area (Å²) in [6.07, 6.45) is -5.14. The Morgan fingerprint density at radius 3 is 2.62 bits per heavy atom. The zero-order valence-corrected chi connectivity index (χ0v) is 14.1. The molecule has 9 nitrogen and oxygen atoms in total. The van der Waals surface area contributed by atoms with E-state index in [-0.39, 0.29) is 12.2 Å². The molecule has 0 aliphatic heterocycles. The lowest BCUT2D eigenvalue weighted by Gasteiger charge is -2.27. The minimum Gasteiger partial charge on any atom is -0.480 e. The number of rotatable bonds is 7.